The van der Waals surface area contributed by atoms with Gasteiger partial charge in [-0.05, 0) is 25.5 Å². The third-order valence-electron chi connectivity index (χ3n) is 5.49. The lowest BCUT2D eigenvalue weighted by molar-refractivity contribution is 0.0349. The number of methoxy groups -OCH3 is 1. The molecule has 0 bridgehead atoms. The minimum atomic E-state index is -0.676. The number of aliphatic hydroxyl groups is 1. The standard InChI is InChI=1S/C24H26N2O5/c1-16-6-8-17(9-7-16)23-15-20(25-31-23)24(28)26-12-10-21(27)22(11-13-26)30-19-5-3-4-18(14-19)29-2/h3-9,14-15,21-22,27H,10-13H2,1-2H3/t21-,22-/m0/s1. The first kappa shape index (κ1) is 20.9. The molecule has 3 aromatic rings. The monoisotopic (exact) mass is 422 g/mol. The summed E-state index contributed by atoms with van der Waals surface area (Å²) in [4.78, 5) is 14.7. The zero-order valence-electron chi connectivity index (χ0n) is 17.7. The Balaban J connectivity index is 1.42. The highest BCUT2D eigenvalue weighted by Crippen LogP contribution is 2.25. The first-order valence-corrected chi connectivity index (χ1v) is 10.4. The number of hydrogen-bond donors (Lipinski definition) is 1. The Kier molecular flexibility index (Phi) is 6.23. The summed E-state index contributed by atoms with van der Waals surface area (Å²) < 4.78 is 16.6. The molecular formula is C24H26N2O5. The predicted molar refractivity (Wildman–Crippen MR) is 115 cm³/mol. The van der Waals surface area contributed by atoms with Gasteiger partial charge < -0.3 is 24.0 Å². The minimum absolute atomic E-state index is 0.212. The third kappa shape index (κ3) is 4.88. The summed E-state index contributed by atoms with van der Waals surface area (Å²) in [5, 5.41) is 14.5. The molecule has 1 fully saturated rings. The summed E-state index contributed by atoms with van der Waals surface area (Å²) >= 11 is 0. The topological polar surface area (TPSA) is 85.0 Å². The fourth-order valence-electron chi connectivity index (χ4n) is 3.64. The summed E-state index contributed by atoms with van der Waals surface area (Å²) in [5.74, 6) is 1.66. The van der Waals surface area contributed by atoms with Crippen molar-refractivity contribution in [3.63, 3.8) is 0 Å². The van der Waals surface area contributed by atoms with E-state index in [2.05, 4.69) is 5.16 Å². The Hall–Kier alpha value is -3.32. The minimum Gasteiger partial charge on any atom is -0.497 e. The summed E-state index contributed by atoms with van der Waals surface area (Å²) in [7, 11) is 1.59. The van der Waals surface area contributed by atoms with Crippen molar-refractivity contribution >= 4 is 5.91 Å². The van der Waals surface area contributed by atoms with Crippen LogP contribution in [0, 0.1) is 6.92 Å². The van der Waals surface area contributed by atoms with Crippen molar-refractivity contribution in [2.24, 2.45) is 0 Å². The van der Waals surface area contributed by atoms with Gasteiger partial charge in [0.2, 0.25) is 0 Å². The Morgan fingerprint density at radius 2 is 1.84 bits per heavy atom. The Morgan fingerprint density at radius 3 is 2.61 bits per heavy atom. The normalized spacial score (nSPS) is 19.0. The van der Waals surface area contributed by atoms with E-state index in [0.717, 1.165) is 11.1 Å². The molecule has 2 aromatic carbocycles. The third-order valence-corrected chi connectivity index (χ3v) is 5.49. The first-order chi connectivity index (χ1) is 15.0. The lowest BCUT2D eigenvalue weighted by Gasteiger charge is -2.22. The molecule has 1 aliphatic rings. The number of nitrogens with zero attached hydrogens (tertiary/aromatic N) is 2. The van der Waals surface area contributed by atoms with Crippen molar-refractivity contribution < 1.29 is 23.9 Å². The second-order valence-corrected chi connectivity index (χ2v) is 7.71. The second-order valence-electron chi connectivity index (χ2n) is 7.71. The van der Waals surface area contributed by atoms with E-state index < -0.39 is 12.2 Å². The van der Waals surface area contributed by atoms with Crippen LogP contribution in [0.5, 0.6) is 11.5 Å². The highest BCUT2D eigenvalue weighted by Gasteiger charge is 2.30. The van der Waals surface area contributed by atoms with Gasteiger partial charge in [-0.3, -0.25) is 4.79 Å². The van der Waals surface area contributed by atoms with E-state index in [0.29, 0.717) is 43.2 Å². The van der Waals surface area contributed by atoms with Crippen molar-refractivity contribution in [3.05, 3.63) is 65.9 Å². The highest BCUT2D eigenvalue weighted by molar-refractivity contribution is 5.93. The number of amides is 1. The highest BCUT2D eigenvalue weighted by atomic mass is 16.5. The van der Waals surface area contributed by atoms with Crippen LogP contribution in [0.3, 0.4) is 0 Å². The van der Waals surface area contributed by atoms with E-state index in [9.17, 15) is 9.90 Å². The summed E-state index contributed by atoms with van der Waals surface area (Å²) in [6.07, 6.45) is -0.162. The average molecular weight is 422 g/mol. The van der Waals surface area contributed by atoms with E-state index in [1.54, 1.807) is 24.1 Å². The van der Waals surface area contributed by atoms with Gasteiger partial charge in [-0.1, -0.05) is 41.1 Å². The van der Waals surface area contributed by atoms with Gasteiger partial charge >= 0.3 is 0 Å². The van der Waals surface area contributed by atoms with E-state index in [1.807, 2.05) is 49.4 Å². The molecule has 7 heteroatoms. The summed E-state index contributed by atoms with van der Waals surface area (Å²) in [6.45, 7) is 2.89. The van der Waals surface area contributed by atoms with Crippen LogP contribution in [0.1, 0.15) is 28.9 Å². The molecule has 0 saturated carbocycles. The molecule has 0 radical (unpaired) electrons. The lowest BCUT2D eigenvalue weighted by atomic mass is 10.1. The maximum absolute atomic E-state index is 13.0. The van der Waals surface area contributed by atoms with E-state index in [4.69, 9.17) is 14.0 Å². The summed E-state index contributed by atoms with van der Waals surface area (Å²) in [6, 6.07) is 16.8. The van der Waals surface area contributed by atoms with Crippen molar-refractivity contribution in [1.82, 2.24) is 10.1 Å². The largest absolute Gasteiger partial charge is 0.497 e. The van der Waals surface area contributed by atoms with Gasteiger partial charge in [0, 0.05) is 37.2 Å². The Morgan fingerprint density at radius 1 is 1.10 bits per heavy atom. The number of hydrogen-bond acceptors (Lipinski definition) is 6. The molecule has 4 rings (SSSR count). The number of aliphatic hydroxyl groups excluding tert-OH is 1. The second kappa shape index (κ2) is 9.22. The molecular weight excluding hydrogens is 396 g/mol. The number of aromatic nitrogens is 1. The molecule has 1 N–H and O–H groups in total. The predicted octanol–water partition coefficient (Wildman–Crippen LogP) is 3.70. The van der Waals surface area contributed by atoms with E-state index in [-0.39, 0.29) is 11.6 Å². The quantitative estimate of drug-likeness (QED) is 0.675. The molecule has 0 unspecified atom stereocenters. The van der Waals surface area contributed by atoms with Crippen LogP contribution >= 0.6 is 0 Å². The molecule has 1 saturated heterocycles. The Labute approximate surface area is 181 Å². The fraction of sp³-hybridized carbons (Fsp3) is 0.333. The first-order valence-electron chi connectivity index (χ1n) is 10.4. The van der Waals surface area contributed by atoms with Gasteiger partial charge in [-0.2, -0.15) is 0 Å². The summed E-state index contributed by atoms with van der Waals surface area (Å²) in [5.41, 5.74) is 2.28. The van der Waals surface area contributed by atoms with Gasteiger partial charge in [0.1, 0.15) is 17.6 Å². The zero-order chi connectivity index (χ0) is 21.8. The van der Waals surface area contributed by atoms with E-state index in [1.165, 1.54) is 0 Å². The molecule has 7 nitrogen and oxygen atoms in total. The van der Waals surface area contributed by atoms with Crippen molar-refractivity contribution in [1.29, 1.82) is 0 Å². The van der Waals surface area contributed by atoms with Crippen LogP contribution in [0.4, 0.5) is 0 Å². The molecule has 1 aromatic heterocycles. The van der Waals surface area contributed by atoms with Gasteiger partial charge in [-0.25, -0.2) is 0 Å². The van der Waals surface area contributed by atoms with Gasteiger partial charge in [0.05, 0.1) is 13.2 Å². The number of benzene rings is 2. The van der Waals surface area contributed by atoms with Crippen LogP contribution in [0.2, 0.25) is 0 Å². The number of carbonyl (C=O) groups is 1. The van der Waals surface area contributed by atoms with Crippen LogP contribution < -0.4 is 9.47 Å². The number of ether oxygens (including phenoxy) is 2. The van der Waals surface area contributed by atoms with Crippen LogP contribution in [0.25, 0.3) is 11.3 Å². The average Bonchev–Trinajstić information content (AvgIpc) is 3.21. The molecule has 2 atom stereocenters. The van der Waals surface area contributed by atoms with Crippen LogP contribution in [-0.2, 0) is 0 Å². The molecule has 31 heavy (non-hydrogen) atoms. The smallest absolute Gasteiger partial charge is 0.276 e. The van der Waals surface area contributed by atoms with Crippen LogP contribution in [-0.4, -0.2) is 53.5 Å². The SMILES string of the molecule is COc1cccc(O[C@H]2CCN(C(=O)c3cc(-c4ccc(C)cc4)on3)CC[C@@H]2O)c1. The molecule has 1 aliphatic heterocycles. The molecule has 0 spiro atoms. The van der Waals surface area contributed by atoms with Crippen LogP contribution in [0.15, 0.2) is 59.1 Å². The van der Waals surface area contributed by atoms with Crippen molar-refractivity contribution in [3.8, 4) is 22.8 Å². The zero-order valence-corrected chi connectivity index (χ0v) is 17.7. The molecule has 2 heterocycles. The molecule has 1 amide bonds. The van der Waals surface area contributed by atoms with Gasteiger partial charge in [0.15, 0.2) is 11.5 Å². The van der Waals surface area contributed by atoms with Crippen molar-refractivity contribution in [2.75, 3.05) is 20.2 Å². The van der Waals surface area contributed by atoms with E-state index >= 15 is 0 Å². The maximum atomic E-state index is 13.0. The van der Waals surface area contributed by atoms with Gasteiger partial charge in [-0.15, -0.1) is 0 Å². The van der Waals surface area contributed by atoms with Crippen molar-refractivity contribution in [2.45, 2.75) is 32.0 Å². The Bertz CT molecular complexity index is 1030. The number of likely N-dealkylation sites (tertiary alicyclic amines) is 1. The number of aryl methyl sites for hydroxylation is 1. The fourth-order valence-corrected chi connectivity index (χ4v) is 3.64. The number of rotatable bonds is 5. The van der Waals surface area contributed by atoms with Gasteiger partial charge in [0.25, 0.3) is 5.91 Å². The lowest BCUT2D eigenvalue weighted by Crippen LogP contribution is -2.32. The molecule has 0 aliphatic carbocycles. The number of carbonyl (C=O) groups excluding carboxylic acids is 1. The molecule has 162 valence electrons. The maximum Gasteiger partial charge on any atom is 0.276 e.